The van der Waals surface area contributed by atoms with E-state index in [-0.39, 0.29) is 11.6 Å². The zero-order chi connectivity index (χ0) is 21.4. The number of alkyl halides is 2. The fourth-order valence-corrected chi connectivity index (χ4v) is 3.77. The van der Waals surface area contributed by atoms with Crippen LogP contribution < -0.4 is 16.0 Å². The van der Waals surface area contributed by atoms with Gasteiger partial charge in [-0.15, -0.1) is 0 Å². The second-order valence-corrected chi connectivity index (χ2v) is 7.59. The van der Waals surface area contributed by atoms with Gasteiger partial charge in [0.2, 0.25) is 0 Å². The van der Waals surface area contributed by atoms with E-state index >= 15 is 0 Å². The molecule has 1 aliphatic rings. The highest BCUT2D eigenvalue weighted by Gasteiger charge is 2.23. The van der Waals surface area contributed by atoms with E-state index in [2.05, 4.69) is 25.2 Å². The first kappa shape index (κ1) is 20.3. The Hall–Kier alpha value is -2.94. The molecule has 0 unspecified atom stereocenters. The van der Waals surface area contributed by atoms with Crippen LogP contribution in [0.1, 0.15) is 42.8 Å². The number of nitrogens with two attached hydrogens (primary N) is 1. The van der Waals surface area contributed by atoms with Crippen LogP contribution >= 0.6 is 0 Å². The summed E-state index contributed by atoms with van der Waals surface area (Å²) in [6.45, 7) is 4.99. The number of benzene rings is 1. The molecular weight excluding hydrogens is 393 g/mol. The molecule has 1 saturated heterocycles. The molecule has 3 N–H and O–H groups in total. The standard InChI is InChI=1S/C21H23F3N6/c1-11(14-4-3-5-15(19(14)22)20(23)24)27-21-16-8-18(30-7-6-13(25)10-30)26-9-17(16)28-12(2)29-21/h3-5,8-9,11,13,20H,6-7,10,25H2,1-2H3,(H,27,28,29)/t11-,13-/m1/s1. The molecule has 0 radical (unpaired) electrons. The molecule has 158 valence electrons. The van der Waals surface area contributed by atoms with Gasteiger partial charge in [0.15, 0.2) is 0 Å². The largest absolute Gasteiger partial charge is 0.363 e. The highest BCUT2D eigenvalue weighted by molar-refractivity contribution is 5.90. The molecule has 0 spiro atoms. The molecule has 1 aliphatic heterocycles. The Morgan fingerprint density at radius 3 is 2.70 bits per heavy atom. The second-order valence-electron chi connectivity index (χ2n) is 7.59. The Morgan fingerprint density at radius 2 is 2.00 bits per heavy atom. The number of rotatable bonds is 5. The van der Waals surface area contributed by atoms with E-state index in [9.17, 15) is 13.2 Å². The highest BCUT2D eigenvalue weighted by atomic mass is 19.3. The minimum Gasteiger partial charge on any atom is -0.363 e. The van der Waals surface area contributed by atoms with Crippen LogP contribution in [0.3, 0.4) is 0 Å². The number of nitrogens with one attached hydrogen (secondary N) is 1. The third-order valence-corrected chi connectivity index (χ3v) is 5.34. The Bertz CT molecular complexity index is 1070. The molecular formula is C21H23F3N6. The Balaban J connectivity index is 1.70. The Morgan fingerprint density at radius 1 is 1.23 bits per heavy atom. The SMILES string of the molecule is Cc1nc(N[C@H](C)c2cccc(C(F)F)c2F)c2cc(N3CC[C@@H](N)C3)ncc2n1. The maximum atomic E-state index is 14.6. The van der Waals surface area contributed by atoms with Crippen LogP contribution in [-0.2, 0) is 0 Å². The van der Waals surface area contributed by atoms with E-state index in [1.54, 1.807) is 20.0 Å². The third-order valence-electron chi connectivity index (χ3n) is 5.34. The monoisotopic (exact) mass is 416 g/mol. The lowest BCUT2D eigenvalue weighted by atomic mass is 10.0. The summed E-state index contributed by atoms with van der Waals surface area (Å²) >= 11 is 0. The van der Waals surface area contributed by atoms with Gasteiger partial charge in [0.05, 0.1) is 23.3 Å². The van der Waals surface area contributed by atoms with Gasteiger partial charge in [-0.1, -0.05) is 18.2 Å². The molecule has 0 bridgehead atoms. The first-order valence-electron chi connectivity index (χ1n) is 9.81. The van der Waals surface area contributed by atoms with Gasteiger partial charge in [0.25, 0.3) is 6.43 Å². The van der Waals surface area contributed by atoms with Crippen molar-refractivity contribution in [2.24, 2.45) is 5.73 Å². The maximum absolute atomic E-state index is 14.6. The zero-order valence-corrected chi connectivity index (χ0v) is 16.7. The minimum atomic E-state index is -2.88. The van der Waals surface area contributed by atoms with Gasteiger partial charge >= 0.3 is 0 Å². The predicted octanol–water partition coefficient (Wildman–Crippen LogP) is 4.12. The smallest absolute Gasteiger partial charge is 0.266 e. The molecule has 0 amide bonds. The van der Waals surface area contributed by atoms with Crippen molar-refractivity contribution in [2.45, 2.75) is 38.8 Å². The molecule has 3 heterocycles. The van der Waals surface area contributed by atoms with Crippen LogP contribution in [0.25, 0.3) is 10.9 Å². The van der Waals surface area contributed by atoms with Gasteiger partial charge in [0, 0.05) is 30.1 Å². The zero-order valence-electron chi connectivity index (χ0n) is 16.7. The van der Waals surface area contributed by atoms with E-state index in [1.807, 2.05) is 6.07 Å². The van der Waals surface area contributed by atoms with Gasteiger partial charge in [-0.2, -0.15) is 0 Å². The topological polar surface area (TPSA) is 80.0 Å². The van der Waals surface area contributed by atoms with Crippen molar-refractivity contribution in [3.05, 3.63) is 53.2 Å². The number of hydrogen-bond acceptors (Lipinski definition) is 6. The number of nitrogens with zero attached hydrogens (tertiary/aromatic N) is 4. The third kappa shape index (κ3) is 3.89. The van der Waals surface area contributed by atoms with E-state index < -0.39 is 23.8 Å². The molecule has 4 rings (SSSR count). The molecule has 2 atom stereocenters. The first-order chi connectivity index (χ1) is 14.3. The molecule has 6 nitrogen and oxygen atoms in total. The molecule has 3 aromatic rings. The van der Waals surface area contributed by atoms with Gasteiger partial charge in [-0.3, -0.25) is 0 Å². The van der Waals surface area contributed by atoms with Crippen molar-refractivity contribution in [2.75, 3.05) is 23.3 Å². The Kier molecular flexibility index (Phi) is 5.46. The summed E-state index contributed by atoms with van der Waals surface area (Å²) in [5.41, 5.74) is 6.19. The average molecular weight is 416 g/mol. The highest BCUT2D eigenvalue weighted by Crippen LogP contribution is 2.31. The van der Waals surface area contributed by atoms with Crippen molar-refractivity contribution in [1.82, 2.24) is 15.0 Å². The fraction of sp³-hybridized carbons (Fsp3) is 0.381. The summed E-state index contributed by atoms with van der Waals surface area (Å²) in [6, 6.07) is 5.43. The van der Waals surface area contributed by atoms with E-state index in [4.69, 9.17) is 5.73 Å². The van der Waals surface area contributed by atoms with Crippen LogP contribution in [0.2, 0.25) is 0 Å². The summed E-state index contributed by atoms with van der Waals surface area (Å²) in [7, 11) is 0. The number of anilines is 2. The molecule has 9 heteroatoms. The average Bonchev–Trinajstić information content (AvgIpc) is 3.13. The van der Waals surface area contributed by atoms with Crippen molar-refractivity contribution < 1.29 is 13.2 Å². The minimum absolute atomic E-state index is 0.111. The van der Waals surface area contributed by atoms with E-state index in [0.29, 0.717) is 17.2 Å². The predicted molar refractivity (Wildman–Crippen MR) is 110 cm³/mol. The Labute approximate surface area is 172 Å². The van der Waals surface area contributed by atoms with Gasteiger partial charge < -0.3 is 16.0 Å². The number of pyridine rings is 1. The van der Waals surface area contributed by atoms with Crippen molar-refractivity contribution >= 4 is 22.5 Å². The fourth-order valence-electron chi connectivity index (χ4n) is 3.77. The quantitative estimate of drug-likeness (QED) is 0.651. The van der Waals surface area contributed by atoms with Crippen LogP contribution in [-0.4, -0.2) is 34.1 Å². The molecule has 0 saturated carbocycles. The van der Waals surface area contributed by atoms with Crippen LogP contribution in [0.4, 0.5) is 24.8 Å². The van der Waals surface area contributed by atoms with Gasteiger partial charge in [0.1, 0.15) is 23.3 Å². The van der Waals surface area contributed by atoms with Gasteiger partial charge in [-0.05, 0) is 26.3 Å². The normalized spacial score (nSPS) is 17.7. The van der Waals surface area contributed by atoms with E-state index in [1.165, 1.54) is 12.1 Å². The summed E-state index contributed by atoms with van der Waals surface area (Å²) in [6.07, 6.45) is -0.303. The number of hydrogen-bond donors (Lipinski definition) is 2. The van der Waals surface area contributed by atoms with Crippen molar-refractivity contribution in [1.29, 1.82) is 0 Å². The van der Waals surface area contributed by atoms with Crippen LogP contribution in [0, 0.1) is 12.7 Å². The molecule has 1 fully saturated rings. The van der Waals surface area contributed by atoms with Crippen LogP contribution in [0.15, 0.2) is 30.5 Å². The number of aromatic nitrogens is 3. The summed E-state index contributed by atoms with van der Waals surface area (Å²) in [4.78, 5) is 15.5. The van der Waals surface area contributed by atoms with Gasteiger partial charge in [-0.25, -0.2) is 28.1 Å². The first-order valence-corrected chi connectivity index (χ1v) is 9.81. The second kappa shape index (κ2) is 8.06. The lowest BCUT2D eigenvalue weighted by Gasteiger charge is -2.20. The number of aryl methyl sites for hydroxylation is 1. The van der Waals surface area contributed by atoms with E-state index in [0.717, 1.165) is 36.8 Å². The number of fused-ring (bicyclic) bond motifs is 1. The lowest BCUT2D eigenvalue weighted by Crippen LogP contribution is -2.26. The maximum Gasteiger partial charge on any atom is 0.266 e. The summed E-state index contributed by atoms with van der Waals surface area (Å²) in [5.74, 6) is 0.885. The van der Waals surface area contributed by atoms with Crippen molar-refractivity contribution in [3.8, 4) is 0 Å². The molecule has 30 heavy (non-hydrogen) atoms. The number of halogens is 3. The molecule has 2 aromatic heterocycles. The molecule has 0 aliphatic carbocycles. The molecule has 1 aromatic carbocycles. The summed E-state index contributed by atoms with van der Waals surface area (Å²) in [5, 5.41) is 3.89. The summed E-state index contributed by atoms with van der Waals surface area (Å²) < 4.78 is 40.7. The van der Waals surface area contributed by atoms with Crippen molar-refractivity contribution in [3.63, 3.8) is 0 Å². The lowest BCUT2D eigenvalue weighted by molar-refractivity contribution is 0.146. The van der Waals surface area contributed by atoms with Crippen LogP contribution in [0.5, 0.6) is 0 Å².